The molecule has 2 aliphatic rings. The van der Waals surface area contributed by atoms with Crippen molar-refractivity contribution in [1.82, 2.24) is 4.90 Å². The predicted octanol–water partition coefficient (Wildman–Crippen LogP) is 3.72. The average molecular weight is 349 g/mol. The highest BCUT2D eigenvalue weighted by Gasteiger charge is 2.32. The number of hydrogen-bond acceptors (Lipinski definition) is 4. The second kappa shape index (κ2) is 5.86. The second-order valence-electron chi connectivity index (χ2n) is 7.53. The number of aliphatic hydroxyl groups excluding tert-OH is 1. The van der Waals surface area contributed by atoms with Crippen LogP contribution in [-0.2, 0) is 19.6 Å². The number of phenolic OH excluding ortho intramolecular Hbond substituents is 1. The molecule has 26 heavy (non-hydrogen) atoms. The fraction of sp³-hybridized carbons (Fsp3) is 0.364. The van der Waals surface area contributed by atoms with Gasteiger partial charge in [0.25, 0.3) is 0 Å². The molecule has 0 unspecified atom stereocenters. The van der Waals surface area contributed by atoms with Crippen molar-refractivity contribution >= 4 is 21.5 Å². The van der Waals surface area contributed by atoms with Gasteiger partial charge in [0.2, 0.25) is 0 Å². The van der Waals surface area contributed by atoms with Gasteiger partial charge in [-0.05, 0) is 82.7 Å². The summed E-state index contributed by atoms with van der Waals surface area (Å²) < 4.78 is 5.53. The number of fused-ring (bicyclic) bond motifs is 7. The molecule has 0 saturated carbocycles. The van der Waals surface area contributed by atoms with Gasteiger partial charge in [0.05, 0.1) is 13.7 Å². The summed E-state index contributed by atoms with van der Waals surface area (Å²) in [6.07, 6.45) is 3.60. The molecule has 0 radical (unpaired) electrons. The zero-order valence-corrected chi connectivity index (χ0v) is 15.0. The smallest absolute Gasteiger partial charge is 0.125 e. The first-order valence-electron chi connectivity index (χ1n) is 9.31. The number of ether oxygens (including phenoxy) is 1. The van der Waals surface area contributed by atoms with Crippen LogP contribution in [0.1, 0.15) is 29.5 Å². The third kappa shape index (κ3) is 2.22. The Labute approximate surface area is 152 Å². The number of hydrogen-bond donors (Lipinski definition) is 2. The van der Waals surface area contributed by atoms with E-state index in [1.807, 2.05) is 12.1 Å². The van der Waals surface area contributed by atoms with Gasteiger partial charge in [0.1, 0.15) is 11.5 Å². The molecule has 2 aliphatic heterocycles. The lowest BCUT2D eigenvalue weighted by molar-refractivity contribution is 0.229. The maximum Gasteiger partial charge on any atom is 0.125 e. The zero-order chi connectivity index (χ0) is 17.8. The molecule has 4 nitrogen and oxygen atoms in total. The van der Waals surface area contributed by atoms with Crippen LogP contribution in [0.3, 0.4) is 0 Å². The molecule has 0 spiro atoms. The summed E-state index contributed by atoms with van der Waals surface area (Å²) in [5, 5.41) is 24.4. The summed E-state index contributed by atoms with van der Waals surface area (Å²) in [6, 6.07) is 10.4. The Morgan fingerprint density at radius 3 is 2.73 bits per heavy atom. The van der Waals surface area contributed by atoms with E-state index in [0.29, 0.717) is 6.04 Å². The normalized spacial score (nSPS) is 19.7. The van der Waals surface area contributed by atoms with Crippen molar-refractivity contribution in [3.8, 4) is 11.5 Å². The maximum absolute atomic E-state index is 10.1. The Hall–Kier alpha value is -2.30. The summed E-state index contributed by atoms with van der Waals surface area (Å²) in [4.78, 5) is 2.60. The van der Waals surface area contributed by atoms with Crippen LogP contribution in [0.5, 0.6) is 11.5 Å². The Morgan fingerprint density at radius 1 is 1.08 bits per heavy atom. The molecule has 1 atom stereocenters. The lowest BCUT2D eigenvalue weighted by Crippen LogP contribution is -2.35. The predicted molar refractivity (Wildman–Crippen MR) is 103 cm³/mol. The lowest BCUT2D eigenvalue weighted by atomic mass is 9.84. The molecule has 2 N–H and O–H groups in total. The van der Waals surface area contributed by atoms with Crippen molar-refractivity contribution in [3.63, 3.8) is 0 Å². The average Bonchev–Trinajstić information content (AvgIpc) is 3.13. The minimum absolute atomic E-state index is 0.0648. The Kier molecular flexibility index (Phi) is 3.59. The zero-order valence-electron chi connectivity index (χ0n) is 15.0. The molecular formula is C22H23NO3. The van der Waals surface area contributed by atoms with Gasteiger partial charge >= 0.3 is 0 Å². The number of aliphatic hydroxyl groups is 1. The van der Waals surface area contributed by atoms with Crippen LogP contribution < -0.4 is 4.74 Å². The number of benzene rings is 3. The van der Waals surface area contributed by atoms with Gasteiger partial charge in [-0.3, -0.25) is 4.90 Å². The van der Waals surface area contributed by atoms with E-state index < -0.39 is 0 Å². The van der Waals surface area contributed by atoms with Gasteiger partial charge in [-0.1, -0.05) is 6.07 Å². The number of methoxy groups -OCH3 is 1. The van der Waals surface area contributed by atoms with Gasteiger partial charge < -0.3 is 14.9 Å². The lowest BCUT2D eigenvalue weighted by Gasteiger charge is -2.33. The highest BCUT2D eigenvalue weighted by molar-refractivity contribution is 6.12. The summed E-state index contributed by atoms with van der Waals surface area (Å²) in [5.74, 6) is 1.00. The Balaban J connectivity index is 1.89. The largest absolute Gasteiger partial charge is 0.508 e. The standard InChI is InChI=1S/C22H23NO3/c1-26-22-10-20-17(7-13(22)12-24)19-9-15(25)4-5-16(19)18-8-14-3-2-6-23(14)11-21(18)20/h4-5,7,9-10,14,24-25H,2-3,6,8,11-12H2,1H3/t14-/m0/s1. The number of rotatable bonds is 2. The van der Waals surface area contributed by atoms with E-state index in [1.165, 1.54) is 41.3 Å². The Bertz CT molecular complexity index is 1030. The van der Waals surface area contributed by atoms with Gasteiger partial charge in [-0.25, -0.2) is 0 Å². The van der Waals surface area contributed by atoms with E-state index in [2.05, 4.69) is 17.0 Å². The molecule has 134 valence electrons. The second-order valence-corrected chi connectivity index (χ2v) is 7.53. The monoisotopic (exact) mass is 349 g/mol. The highest BCUT2D eigenvalue weighted by atomic mass is 16.5. The SMILES string of the molecule is COc1cc2c3c(c4ccc(O)cc4c2cc1CO)C[C@@H]1CCCN1C3. The van der Waals surface area contributed by atoms with E-state index in [0.717, 1.165) is 35.1 Å². The van der Waals surface area contributed by atoms with Crippen LogP contribution in [0, 0.1) is 0 Å². The minimum atomic E-state index is -0.0648. The van der Waals surface area contributed by atoms with Crippen LogP contribution in [0.4, 0.5) is 0 Å². The van der Waals surface area contributed by atoms with Crippen LogP contribution >= 0.6 is 0 Å². The third-order valence-electron chi connectivity index (χ3n) is 6.20. The molecule has 2 heterocycles. The van der Waals surface area contributed by atoms with E-state index in [9.17, 15) is 10.2 Å². The molecule has 1 saturated heterocycles. The fourth-order valence-electron chi connectivity index (χ4n) is 4.94. The number of phenols is 1. The van der Waals surface area contributed by atoms with E-state index in [1.54, 1.807) is 13.2 Å². The fourth-order valence-corrected chi connectivity index (χ4v) is 4.94. The summed E-state index contributed by atoms with van der Waals surface area (Å²) >= 11 is 0. The van der Waals surface area contributed by atoms with Crippen LogP contribution in [0.15, 0.2) is 30.3 Å². The van der Waals surface area contributed by atoms with Crippen molar-refractivity contribution in [2.45, 2.75) is 38.5 Å². The van der Waals surface area contributed by atoms with E-state index in [4.69, 9.17) is 4.74 Å². The topological polar surface area (TPSA) is 52.9 Å². The summed E-state index contributed by atoms with van der Waals surface area (Å²) in [6.45, 7) is 2.07. The van der Waals surface area contributed by atoms with Gasteiger partial charge in [-0.2, -0.15) is 0 Å². The molecule has 0 aliphatic carbocycles. The Morgan fingerprint density at radius 2 is 1.92 bits per heavy atom. The van der Waals surface area contributed by atoms with Crippen molar-refractivity contribution in [1.29, 1.82) is 0 Å². The first-order valence-corrected chi connectivity index (χ1v) is 9.31. The molecule has 1 fully saturated rings. The van der Waals surface area contributed by atoms with Crippen molar-refractivity contribution in [3.05, 3.63) is 47.0 Å². The number of nitrogens with zero attached hydrogens (tertiary/aromatic N) is 1. The first kappa shape index (κ1) is 15.9. The van der Waals surface area contributed by atoms with Crippen LogP contribution in [-0.4, -0.2) is 34.8 Å². The minimum Gasteiger partial charge on any atom is -0.508 e. The molecule has 3 aromatic carbocycles. The molecule has 0 amide bonds. The van der Waals surface area contributed by atoms with Gasteiger partial charge in [0.15, 0.2) is 0 Å². The molecular weight excluding hydrogens is 326 g/mol. The molecule has 5 rings (SSSR count). The van der Waals surface area contributed by atoms with Crippen LogP contribution in [0.2, 0.25) is 0 Å². The van der Waals surface area contributed by atoms with Gasteiger partial charge in [0, 0.05) is 18.2 Å². The first-order chi connectivity index (χ1) is 12.7. The highest BCUT2D eigenvalue weighted by Crippen LogP contribution is 2.42. The van der Waals surface area contributed by atoms with E-state index >= 15 is 0 Å². The third-order valence-corrected chi connectivity index (χ3v) is 6.20. The van der Waals surface area contributed by atoms with Crippen molar-refractivity contribution in [2.24, 2.45) is 0 Å². The van der Waals surface area contributed by atoms with Gasteiger partial charge in [-0.15, -0.1) is 0 Å². The molecule has 0 bridgehead atoms. The summed E-state index contributed by atoms with van der Waals surface area (Å²) in [7, 11) is 1.65. The molecule has 4 heteroatoms. The van der Waals surface area contributed by atoms with E-state index in [-0.39, 0.29) is 12.4 Å². The van der Waals surface area contributed by atoms with Crippen molar-refractivity contribution < 1.29 is 14.9 Å². The van der Waals surface area contributed by atoms with Crippen LogP contribution in [0.25, 0.3) is 21.5 Å². The van der Waals surface area contributed by atoms with Crippen molar-refractivity contribution in [2.75, 3.05) is 13.7 Å². The maximum atomic E-state index is 10.1. The number of aromatic hydroxyl groups is 1. The summed E-state index contributed by atoms with van der Waals surface area (Å²) in [5.41, 5.74) is 3.56. The molecule has 3 aromatic rings. The molecule has 0 aromatic heterocycles. The quantitative estimate of drug-likeness (QED) is 0.693.